The number of fused-ring (bicyclic) bond motifs is 1. The zero-order valence-electron chi connectivity index (χ0n) is 13.4. The lowest BCUT2D eigenvalue weighted by atomic mass is 10.1. The first-order valence-corrected chi connectivity index (χ1v) is 7.80. The smallest absolute Gasteiger partial charge is 0.231 e. The molecule has 1 atom stereocenters. The first-order chi connectivity index (χ1) is 11.1. The predicted octanol–water partition coefficient (Wildman–Crippen LogP) is 3.22. The predicted molar refractivity (Wildman–Crippen MR) is 91.3 cm³/mol. The summed E-state index contributed by atoms with van der Waals surface area (Å²) in [4.78, 5) is 28.4. The lowest BCUT2D eigenvalue weighted by Gasteiger charge is -2.25. The van der Waals surface area contributed by atoms with Crippen LogP contribution in [0.1, 0.15) is 19.4 Å². The average Bonchev–Trinajstić information content (AvgIpc) is 2.66. The van der Waals surface area contributed by atoms with E-state index in [1.807, 2.05) is 61.5 Å². The van der Waals surface area contributed by atoms with Crippen LogP contribution in [0.5, 0.6) is 0 Å². The molecule has 0 radical (unpaired) electrons. The molecule has 0 saturated heterocycles. The van der Waals surface area contributed by atoms with E-state index >= 15 is 0 Å². The van der Waals surface area contributed by atoms with Crippen LogP contribution in [-0.2, 0) is 16.1 Å². The van der Waals surface area contributed by atoms with Gasteiger partial charge in [-0.05, 0) is 17.7 Å². The molecule has 1 aliphatic heterocycles. The van der Waals surface area contributed by atoms with Gasteiger partial charge in [0.25, 0.3) is 0 Å². The van der Waals surface area contributed by atoms with Crippen molar-refractivity contribution in [1.82, 2.24) is 0 Å². The van der Waals surface area contributed by atoms with Gasteiger partial charge in [0.15, 0.2) is 0 Å². The number of rotatable bonds is 2. The lowest BCUT2D eigenvalue weighted by molar-refractivity contribution is -0.121. The Labute approximate surface area is 136 Å². The minimum absolute atomic E-state index is 0.0429. The van der Waals surface area contributed by atoms with E-state index in [0.29, 0.717) is 13.1 Å². The summed E-state index contributed by atoms with van der Waals surface area (Å²) >= 11 is 0. The maximum absolute atomic E-state index is 12.9. The molecule has 23 heavy (non-hydrogen) atoms. The number of para-hydroxylation sites is 2. The van der Waals surface area contributed by atoms with Gasteiger partial charge in [-0.2, -0.15) is 0 Å². The van der Waals surface area contributed by atoms with Crippen molar-refractivity contribution in [2.24, 2.45) is 5.92 Å². The second kappa shape index (κ2) is 6.24. The van der Waals surface area contributed by atoms with Gasteiger partial charge in [-0.15, -0.1) is 0 Å². The van der Waals surface area contributed by atoms with E-state index in [0.717, 1.165) is 16.9 Å². The Morgan fingerprint density at radius 3 is 2.30 bits per heavy atom. The second-order valence-electron chi connectivity index (χ2n) is 5.93. The highest BCUT2D eigenvalue weighted by atomic mass is 16.2. The van der Waals surface area contributed by atoms with E-state index in [1.165, 1.54) is 0 Å². The van der Waals surface area contributed by atoms with Crippen LogP contribution in [0.15, 0.2) is 54.6 Å². The lowest BCUT2D eigenvalue weighted by Crippen LogP contribution is -2.37. The monoisotopic (exact) mass is 308 g/mol. The molecule has 0 aromatic heterocycles. The maximum atomic E-state index is 12.9. The molecule has 4 nitrogen and oxygen atoms in total. The summed E-state index contributed by atoms with van der Waals surface area (Å²) in [7, 11) is 0. The number of amides is 2. The van der Waals surface area contributed by atoms with Crippen molar-refractivity contribution in [1.29, 1.82) is 0 Å². The van der Waals surface area contributed by atoms with Crippen molar-refractivity contribution in [3.05, 3.63) is 60.2 Å². The summed E-state index contributed by atoms with van der Waals surface area (Å²) in [6.45, 7) is 4.34. The van der Waals surface area contributed by atoms with Gasteiger partial charge in [0.05, 0.1) is 23.8 Å². The molecular formula is C19H20N2O2. The zero-order chi connectivity index (χ0) is 16.4. The second-order valence-corrected chi connectivity index (χ2v) is 5.93. The van der Waals surface area contributed by atoms with Crippen molar-refractivity contribution in [3.8, 4) is 0 Å². The fraction of sp³-hybridized carbons (Fsp3) is 0.263. The van der Waals surface area contributed by atoms with E-state index < -0.39 is 0 Å². The number of anilines is 2. The highest BCUT2D eigenvalue weighted by Crippen LogP contribution is 2.35. The van der Waals surface area contributed by atoms with Gasteiger partial charge >= 0.3 is 0 Å². The molecular weight excluding hydrogens is 288 g/mol. The van der Waals surface area contributed by atoms with Crippen molar-refractivity contribution >= 4 is 23.2 Å². The Hall–Kier alpha value is -2.62. The van der Waals surface area contributed by atoms with Crippen LogP contribution < -0.4 is 9.80 Å². The summed E-state index contributed by atoms with van der Waals surface area (Å²) in [5.41, 5.74) is 2.66. The van der Waals surface area contributed by atoms with Crippen molar-refractivity contribution in [2.75, 3.05) is 16.3 Å². The van der Waals surface area contributed by atoms with Crippen LogP contribution in [0.2, 0.25) is 0 Å². The normalized spacial score (nSPS) is 17.7. The first-order valence-electron chi connectivity index (χ1n) is 7.80. The highest BCUT2D eigenvalue weighted by Gasteiger charge is 2.32. The van der Waals surface area contributed by atoms with Crippen LogP contribution in [0, 0.1) is 5.92 Å². The van der Waals surface area contributed by atoms with Gasteiger partial charge in [0, 0.05) is 13.5 Å². The van der Waals surface area contributed by atoms with Gasteiger partial charge < -0.3 is 9.80 Å². The summed E-state index contributed by atoms with van der Waals surface area (Å²) in [5, 5.41) is 0. The molecule has 118 valence electrons. The number of hydrogen-bond donors (Lipinski definition) is 0. The van der Waals surface area contributed by atoms with E-state index in [2.05, 4.69) is 0 Å². The number of benzene rings is 2. The zero-order valence-corrected chi connectivity index (χ0v) is 13.4. The Kier molecular flexibility index (Phi) is 4.15. The molecule has 2 aromatic carbocycles. The van der Waals surface area contributed by atoms with Crippen LogP contribution in [0.25, 0.3) is 0 Å². The molecule has 0 N–H and O–H groups in total. The van der Waals surface area contributed by atoms with Gasteiger partial charge in [0.1, 0.15) is 0 Å². The van der Waals surface area contributed by atoms with Gasteiger partial charge in [-0.3, -0.25) is 9.59 Å². The fourth-order valence-electron chi connectivity index (χ4n) is 2.98. The molecule has 2 aromatic rings. The highest BCUT2D eigenvalue weighted by molar-refractivity contribution is 6.05. The Balaban J connectivity index is 2.07. The van der Waals surface area contributed by atoms with Gasteiger partial charge in [-0.25, -0.2) is 0 Å². The van der Waals surface area contributed by atoms with Gasteiger partial charge in [-0.1, -0.05) is 49.4 Å². The molecule has 3 rings (SSSR count). The third-order valence-electron chi connectivity index (χ3n) is 4.17. The quantitative estimate of drug-likeness (QED) is 0.854. The molecule has 0 fully saturated rings. The minimum atomic E-state index is -0.241. The average molecular weight is 308 g/mol. The molecule has 0 saturated carbocycles. The largest absolute Gasteiger partial charge is 0.310 e. The summed E-state index contributed by atoms with van der Waals surface area (Å²) in [5.74, 6) is -0.237. The van der Waals surface area contributed by atoms with E-state index in [1.54, 1.807) is 16.7 Å². The molecule has 0 bridgehead atoms. The Bertz CT molecular complexity index is 727. The van der Waals surface area contributed by atoms with Crippen LogP contribution in [-0.4, -0.2) is 18.4 Å². The van der Waals surface area contributed by atoms with E-state index in [9.17, 15) is 9.59 Å². The SMILES string of the molecule is CC(=O)N1C[C@H](C)C(=O)N(Cc2ccccc2)c2ccccc21. The number of carbonyl (C=O) groups excluding carboxylic acids is 2. The first kappa shape index (κ1) is 15.3. The minimum Gasteiger partial charge on any atom is -0.310 e. The van der Waals surface area contributed by atoms with E-state index in [-0.39, 0.29) is 17.7 Å². The fourth-order valence-corrected chi connectivity index (χ4v) is 2.98. The number of nitrogens with zero attached hydrogens (tertiary/aromatic N) is 2. The topological polar surface area (TPSA) is 40.6 Å². The molecule has 4 heteroatoms. The molecule has 0 aliphatic carbocycles. The van der Waals surface area contributed by atoms with Crippen LogP contribution in [0.4, 0.5) is 11.4 Å². The maximum Gasteiger partial charge on any atom is 0.231 e. The van der Waals surface area contributed by atoms with Crippen LogP contribution in [0.3, 0.4) is 0 Å². The van der Waals surface area contributed by atoms with Crippen molar-refractivity contribution < 1.29 is 9.59 Å². The third-order valence-corrected chi connectivity index (χ3v) is 4.17. The molecule has 1 aliphatic rings. The third kappa shape index (κ3) is 2.97. The molecule has 1 heterocycles. The molecule has 0 unspecified atom stereocenters. The van der Waals surface area contributed by atoms with E-state index in [4.69, 9.17) is 0 Å². The summed E-state index contributed by atoms with van der Waals surface area (Å²) in [6, 6.07) is 17.5. The number of carbonyl (C=O) groups is 2. The van der Waals surface area contributed by atoms with Gasteiger partial charge in [0.2, 0.25) is 11.8 Å². The number of hydrogen-bond acceptors (Lipinski definition) is 2. The Morgan fingerprint density at radius 1 is 1.04 bits per heavy atom. The summed E-state index contributed by atoms with van der Waals surface area (Å²) < 4.78 is 0. The molecule has 2 amide bonds. The standard InChI is InChI=1S/C19H20N2O2/c1-14-12-20(15(2)22)17-10-6-7-11-18(17)21(19(14)23)13-16-8-4-3-5-9-16/h3-11,14H,12-13H2,1-2H3/t14-/m0/s1. The summed E-state index contributed by atoms with van der Waals surface area (Å²) in [6.07, 6.45) is 0. The van der Waals surface area contributed by atoms with Crippen molar-refractivity contribution in [3.63, 3.8) is 0 Å². The molecule has 0 spiro atoms. The van der Waals surface area contributed by atoms with Crippen LogP contribution >= 0.6 is 0 Å². The Morgan fingerprint density at radius 2 is 1.65 bits per heavy atom. The van der Waals surface area contributed by atoms with Crippen molar-refractivity contribution in [2.45, 2.75) is 20.4 Å².